The van der Waals surface area contributed by atoms with Crippen molar-refractivity contribution >= 4 is 44.3 Å². The van der Waals surface area contributed by atoms with Crippen LogP contribution in [0.2, 0.25) is 0 Å². The minimum Gasteiger partial charge on any atom is -0.496 e. The standard InChI is InChI=1S/C17H18INO5S/c1-4-24-17(20)12-6-5-11(2)15(9-12)19-25(21,22)13-7-8-16(23-3)14(18)10-13/h5-10,19H,4H2,1-3H3. The summed E-state index contributed by atoms with van der Waals surface area (Å²) in [6, 6.07) is 9.32. The molecule has 0 heterocycles. The van der Waals surface area contributed by atoms with E-state index in [1.54, 1.807) is 32.0 Å². The van der Waals surface area contributed by atoms with Crippen LogP contribution in [0.3, 0.4) is 0 Å². The van der Waals surface area contributed by atoms with E-state index in [9.17, 15) is 13.2 Å². The van der Waals surface area contributed by atoms with E-state index in [1.807, 2.05) is 22.6 Å². The maximum Gasteiger partial charge on any atom is 0.338 e. The summed E-state index contributed by atoms with van der Waals surface area (Å²) in [6.07, 6.45) is 0. The molecule has 25 heavy (non-hydrogen) atoms. The first-order valence-electron chi connectivity index (χ1n) is 7.42. The van der Waals surface area contributed by atoms with Crippen LogP contribution in [0.15, 0.2) is 41.3 Å². The van der Waals surface area contributed by atoms with Crippen LogP contribution in [0.1, 0.15) is 22.8 Å². The number of carbonyl (C=O) groups excluding carboxylic acids is 1. The molecule has 0 saturated heterocycles. The van der Waals surface area contributed by atoms with Crippen molar-refractivity contribution in [3.8, 4) is 5.75 Å². The Morgan fingerprint density at radius 3 is 2.52 bits per heavy atom. The summed E-state index contributed by atoms with van der Waals surface area (Å²) in [4.78, 5) is 12.0. The molecule has 0 aliphatic rings. The first-order valence-corrected chi connectivity index (χ1v) is 9.98. The Balaban J connectivity index is 2.35. The number of methoxy groups -OCH3 is 1. The molecular weight excluding hydrogens is 457 g/mol. The second-order valence-corrected chi connectivity index (χ2v) is 8.00. The molecule has 8 heteroatoms. The lowest BCUT2D eigenvalue weighted by Crippen LogP contribution is -2.15. The van der Waals surface area contributed by atoms with E-state index in [0.29, 0.717) is 20.6 Å². The molecule has 2 aromatic carbocycles. The predicted octanol–water partition coefficient (Wildman–Crippen LogP) is 3.59. The summed E-state index contributed by atoms with van der Waals surface area (Å²) >= 11 is 2.01. The average molecular weight is 475 g/mol. The van der Waals surface area contributed by atoms with Gasteiger partial charge in [-0.25, -0.2) is 13.2 Å². The van der Waals surface area contributed by atoms with Crippen molar-refractivity contribution in [1.82, 2.24) is 0 Å². The van der Waals surface area contributed by atoms with Gasteiger partial charge in [0, 0.05) is 0 Å². The van der Waals surface area contributed by atoms with Gasteiger partial charge in [-0.3, -0.25) is 4.72 Å². The Morgan fingerprint density at radius 1 is 1.20 bits per heavy atom. The second kappa shape index (κ2) is 8.05. The van der Waals surface area contributed by atoms with Gasteiger partial charge in [-0.05, 0) is 72.3 Å². The minimum atomic E-state index is -3.80. The van der Waals surface area contributed by atoms with Gasteiger partial charge in [0.05, 0.1) is 33.4 Å². The van der Waals surface area contributed by atoms with Gasteiger partial charge in [-0.2, -0.15) is 0 Å². The van der Waals surface area contributed by atoms with Crippen molar-refractivity contribution in [2.45, 2.75) is 18.7 Å². The van der Waals surface area contributed by atoms with Crippen molar-refractivity contribution in [1.29, 1.82) is 0 Å². The SMILES string of the molecule is CCOC(=O)c1ccc(C)c(NS(=O)(=O)c2ccc(OC)c(I)c2)c1. The Kier molecular flexibility index (Phi) is 6.28. The molecule has 0 aliphatic carbocycles. The van der Waals surface area contributed by atoms with E-state index in [2.05, 4.69) is 4.72 Å². The van der Waals surface area contributed by atoms with Crippen LogP contribution in [-0.4, -0.2) is 28.1 Å². The minimum absolute atomic E-state index is 0.110. The molecule has 2 rings (SSSR count). The van der Waals surface area contributed by atoms with Gasteiger partial charge >= 0.3 is 5.97 Å². The fraction of sp³-hybridized carbons (Fsp3) is 0.235. The van der Waals surface area contributed by atoms with E-state index in [1.165, 1.54) is 25.3 Å². The van der Waals surface area contributed by atoms with E-state index in [4.69, 9.17) is 9.47 Å². The van der Waals surface area contributed by atoms with Crippen molar-refractivity contribution in [2.24, 2.45) is 0 Å². The van der Waals surface area contributed by atoms with E-state index < -0.39 is 16.0 Å². The topological polar surface area (TPSA) is 81.7 Å². The highest BCUT2D eigenvalue weighted by molar-refractivity contribution is 14.1. The maximum absolute atomic E-state index is 12.6. The highest BCUT2D eigenvalue weighted by Crippen LogP contribution is 2.26. The Bertz CT molecular complexity index is 896. The van der Waals surface area contributed by atoms with Gasteiger partial charge in [-0.15, -0.1) is 0 Å². The van der Waals surface area contributed by atoms with Crippen LogP contribution >= 0.6 is 22.6 Å². The summed E-state index contributed by atoms with van der Waals surface area (Å²) in [5, 5.41) is 0. The van der Waals surface area contributed by atoms with Gasteiger partial charge in [0.25, 0.3) is 10.0 Å². The molecule has 0 unspecified atom stereocenters. The largest absolute Gasteiger partial charge is 0.496 e. The molecule has 0 spiro atoms. The molecule has 1 N–H and O–H groups in total. The fourth-order valence-corrected chi connectivity index (χ4v) is 4.19. The third-order valence-electron chi connectivity index (χ3n) is 3.43. The molecule has 0 aromatic heterocycles. The first kappa shape index (κ1) is 19.5. The maximum atomic E-state index is 12.6. The summed E-state index contributed by atoms with van der Waals surface area (Å²) < 4.78 is 38.6. The molecule has 0 bridgehead atoms. The Morgan fingerprint density at radius 2 is 1.92 bits per heavy atom. The number of benzene rings is 2. The summed E-state index contributed by atoms with van der Waals surface area (Å²) in [7, 11) is -2.28. The average Bonchev–Trinajstić information content (AvgIpc) is 2.56. The third-order valence-corrected chi connectivity index (χ3v) is 5.63. The van der Waals surface area contributed by atoms with Crippen molar-refractivity contribution in [2.75, 3.05) is 18.4 Å². The van der Waals surface area contributed by atoms with Crippen LogP contribution in [0.25, 0.3) is 0 Å². The second-order valence-electron chi connectivity index (χ2n) is 5.15. The highest BCUT2D eigenvalue weighted by Gasteiger charge is 2.18. The molecule has 0 atom stereocenters. The third kappa shape index (κ3) is 4.63. The van der Waals surface area contributed by atoms with Crippen LogP contribution in [0.5, 0.6) is 5.75 Å². The van der Waals surface area contributed by atoms with Crippen LogP contribution in [0, 0.1) is 10.5 Å². The zero-order valence-electron chi connectivity index (χ0n) is 14.0. The molecule has 2 aromatic rings. The smallest absolute Gasteiger partial charge is 0.338 e. The summed E-state index contributed by atoms with van der Waals surface area (Å²) in [5.74, 6) is 0.0991. The molecule has 6 nitrogen and oxygen atoms in total. The fourth-order valence-electron chi connectivity index (χ4n) is 2.09. The number of rotatable bonds is 6. The van der Waals surface area contributed by atoms with E-state index >= 15 is 0 Å². The molecule has 0 radical (unpaired) electrons. The number of sulfonamides is 1. The monoisotopic (exact) mass is 475 g/mol. The highest BCUT2D eigenvalue weighted by atomic mass is 127. The Hall–Kier alpha value is -1.81. The number of esters is 1. The van der Waals surface area contributed by atoms with Gasteiger partial charge in [-0.1, -0.05) is 6.07 Å². The Labute approximate surface area is 160 Å². The molecular formula is C17H18INO5S. The molecule has 0 saturated carbocycles. The lowest BCUT2D eigenvalue weighted by Gasteiger charge is -2.13. The number of anilines is 1. The lowest BCUT2D eigenvalue weighted by atomic mass is 10.1. The number of aryl methyl sites for hydroxylation is 1. The zero-order valence-corrected chi connectivity index (χ0v) is 17.0. The number of halogens is 1. The predicted molar refractivity (Wildman–Crippen MR) is 104 cm³/mol. The number of hydrogen-bond acceptors (Lipinski definition) is 5. The van der Waals surface area contributed by atoms with Crippen LogP contribution in [0.4, 0.5) is 5.69 Å². The van der Waals surface area contributed by atoms with Crippen molar-refractivity contribution < 1.29 is 22.7 Å². The molecule has 0 aliphatic heterocycles. The first-order chi connectivity index (χ1) is 11.8. The van der Waals surface area contributed by atoms with Crippen LogP contribution < -0.4 is 9.46 Å². The number of hydrogen-bond donors (Lipinski definition) is 1. The zero-order chi connectivity index (χ0) is 18.6. The summed E-state index contributed by atoms with van der Waals surface area (Å²) in [5.41, 5.74) is 1.31. The normalized spacial score (nSPS) is 11.0. The van der Waals surface area contributed by atoms with Crippen LogP contribution in [-0.2, 0) is 14.8 Å². The van der Waals surface area contributed by atoms with E-state index in [-0.39, 0.29) is 17.1 Å². The van der Waals surface area contributed by atoms with Crippen molar-refractivity contribution in [3.63, 3.8) is 0 Å². The van der Waals surface area contributed by atoms with E-state index in [0.717, 1.165) is 0 Å². The van der Waals surface area contributed by atoms with Gasteiger partial charge in [0.15, 0.2) is 0 Å². The molecule has 0 fully saturated rings. The number of carbonyl (C=O) groups is 1. The number of nitrogens with one attached hydrogen (secondary N) is 1. The number of ether oxygens (including phenoxy) is 2. The summed E-state index contributed by atoms with van der Waals surface area (Å²) in [6.45, 7) is 3.71. The van der Waals surface area contributed by atoms with Crippen molar-refractivity contribution in [3.05, 3.63) is 51.1 Å². The van der Waals surface area contributed by atoms with Gasteiger partial charge in [0.2, 0.25) is 0 Å². The van der Waals surface area contributed by atoms with Gasteiger partial charge in [0.1, 0.15) is 5.75 Å². The molecule has 134 valence electrons. The van der Waals surface area contributed by atoms with Gasteiger partial charge < -0.3 is 9.47 Å². The quantitative estimate of drug-likeness (QED) is 0.510. The molecule has 0 amide bonds. The lowest BCUT2D eigenvalue weighted by molar-refractivity contribution is 0.0526.